The number of alkyl halides is 3. The van der Waals surface area contributed by atoms with E-state index in [1.165, 1.54) is 22.7 Å². The maximum atomic E-state index is 13.0. The molecule has 0 bridgehead atoms. The second-order valence-electron chi connectivity index (χ2n) is 7.84. The van der Waals surface area contributed by atoms with Gasteiger partial charge in [0.1, 0.15) is 24.1 Å². The molecule has 0 fully saturated rings. The van der Waals surface area contributed by atoms with Gasteiger partial charge in [-0.3, -0.25) is 4.98 Å². The highest BCUT2D eigenvalue weighted by Crippen LogP contribution is 2.36. The van der Waals surface area contributed by atoms with Crippen molar-refractivity contribution < 1.29 is 22.6 Å². The van der Waals surface area contributed by atoms with E-state index in [2.05, 4.69) is 20.3 Å². The van der Waals surface area contributed by atoms with E-state index in [4.69, 9.17) is 26.8 Å². The summed E-state index contributed by atoms with van der Waals surface area (Å²) in [4.78, 5) is 4.34. The van der Waals surface area contributed by atoms with Crippen LogP contribution in [0.4, 0.5) is 13.2 Å². The predicted molar refractivity (Wildman–Crippen MR) is 127 cm³/mol. The number of halogens is 4. The summed E-state index contributed by atoms with van der Waals surface area (Å²) in [6.07, 6.45) is -2.97. The minimum atomic E-state index is -4.61. The average Bonchev–Trinajstić information content (AvgIpc) is 3.28. The molecule has 3 aromatic heterocycles. The molecule has 0 radical (unpaired) electrons. The highest BCUT2D eigenvalue weighted by atomic mass is 35.5. The largest absolute Gasteiger partial charge is 0.497 e. The standard InChI is InChI=1S/C24H18ClF3N6O2/c1-35-14-3-5-16-19(11-14)30-9-8-20(16)36-12-22-32-31-21-7-6-18(33-34(21)22)13-2-4-15(17(25)10-13)23(29)24(26,27)28/h2-11,23H,12,29H2,1H3/t23-/m1/s1. The SMILES string of the molecule is COc1ccc2c(OCc3nnc4ccc(-c5ccc([C@@H](N)C(F)(F)F)c(Cl)c5)nn34)ccnc2c1. The van der Waals surface area contributed by atoms with Crippen molar-refractivity contribution in [1.29, 1.82) is 0 Å². The molecule has 0 spiro atoms. The Bertz CT molecular complexity index is 1570. The van der Waals surface area contributed by atoms with Gasteiger partial charge < -0.3 is 15.2 Å². The van der Waals surface area contributed by atoms with E-state index in [1.54, 1.807) is 37.6 Å². The van der Waals surface area contributed by atoms with Gasteiger partial charge >= 0.3 is 6.18 Å². The number of aromatic nitrogens is 5. The molecule has 1 atom stereocenters. The zero-order chi connectivity index (χ0) is 25.4. The molecule has 0 saturated carbocycles. The van der Waals surface area contributed by atoms with Crippen LogP contribution >= 0.6 is 11.6 Å². The Balaban J connectivity index is 1.42. The number of rotatable bonds is 6. The Kier molecular flexibility index (Phi) is 6.10. The summed E-state index contributed by atoms with van der Waals surface area (Å²) in [6.45, 7) is 0.0584. The van der Waals surface area contributed by atoms with Crippen LogP contribution in [0.2, 0.25) is 5.02 Å². The van der Waals surface area contributed by atoms with Gasteiger partial charge in [0.25, 0.3) is 0 Å². The lowest BCUT2D eigenvalue weighted by atomic mass is 10.0. The molecule has 5 aromatic rings. The minimum absolute atomic E-state index is 0.0584. The van der Waals surface area contributed by atoms with Crippen molar-refractivity contribution in [3.63, 3.8) is 0 Å². The summed E-state index contributed by atoms with van der Waals surface area (Å²) < 4.78 is 51.8. The zero-order valence-electron chi connectivity index (χ0n) is 18.7. The predicted octanol–water partition coefficient (Wildman–Crippen LogP) is 5.14. The monoisotopic (exact) mass is 514 g/mol. The quantitative estimate of drug-likeness (QED) is 0.335. The van der Waals surface area contributed by atoms with Crippen LogP contribution in [0.15, 0.2) is 60.8 Å². The van der Waals surface area contributed by atoms with Gasteiger partial charge in [0.2, 0.25) is 0 Å². The van der Waals surface area contributed by atoms with Gasteiger partial charge in [0, 0.05) is 28.2 Å². The number of nitrogens with two attached hydrogens (primary N) is 1. The number of pyridine rings is 1. The average molecular weight is 515 g/mol. The maximum Gasteiger partial charge on any atom is 0.407 e. The number of nitrogens with zero attached hydrogens (tertiary/aromatic N) is 5. The fourth-order valence-corrected chi connectivity index (χ4v) is 3.99. The molecule has 2 N–H and O–H groups in total. The second kappa shape index (κ2) is 9.25. The summed E-state index contributed by atoms with van der Waals surface area (Å²) in [5.74, 6) is 1.70. The molecular weight excluding hydrogens is 497 g/mol. The first-order chi connectivity index (χ1) is 17.2. The van der Waals surface area contributed by atoms with Gasteiger partial charge in [-0.05, 0) is 42.0 Å². The van der Waals surface area contributed by atoms with Crippen LogP contribution in [0, 0.1) is 0 Å². The Morgan fingerprint density at radius 3 is 2.64 bits per heavy atom. The highest BCUT2D eigenvalue weighted by molar-refractivity contribution is 6.31. The molecule has 36 heavy (non-hydrogen) atoms. The van der Waals surface area contributed by atoms with E-state index >= 15 is 0 Å². The first-order valence-corrected chi connectivity index (χ1v) is 11.0. The Morgan fingerprint density at radius 2 is 1.89 bits per heavy atom. The molecule has 3 heterocycles. The number of hydrogen-bond acceptors (Lipinski definition) is 7. The third-order valence-electron chi connectivity index (χ3n) is 5.58. The van der Waals surface area contributed by atoms with Crippen LogP contribution in [0.5, 0.6) is 11.5 Å². The van der Waals surface area contributed by atoms with Crippen LogP contribution in [-0.4, -0.2) is 38.1 Å². The molecule has 0 aliphatic heterocycles. The fourth-order valence-electron chi connectivity index (χ4n) is 3.69. The molecule has 0 unspecified atom stereocenters. The topological polar surface area (TPSA) is 100 Å². The van der Waals surface area contributed by atoms with Crippen molar-refractivity contribution in [2.75, 3.05) is 7.11 Å². The molecule has 5 rings (SSSR count). The van der Waals surface area contributed by atoms with Gasteiger partial charge in [0.05, 0.1) is 18.3 Å². The van der Waals surface area contributed by atoms with Crippen molar-refractivity contribution >= 4 is 28.2 Å². The summed E-state index contributed by atoms with van der Waals surface area (Å²) in [7, 11) is 1.58. The third-order valence-corrected chi connectivity index (χ3v) is 5.91. The second-order valence-corrected chi connectivity index (χ2v) is 8.25. The van der Waals surface area contributed by atoms with Gasteiger partial charge in [-0.2, -0.15) is 22.8 Å². The summed E-state index contributed by atoms with van der Waals surface area (Å²) >= 11 is 6.12. The van der Waals surface area contributed by atoms with E-state index in [-0.39, 0.29) is 17.2 Å². The lowest BCUT2D eigenvalue weighted by Gasteiger charge is -2.17. The smallest absolute Gasteiger partial charge is 0.407 e. The highest BCUT2D eigenvalue weighted by Gasteiger charge is 2.38. The van der Waals surface area contributed by atoms with Gasteiger partial charge in [0.15, 0.2) is 11.5 Å². The minimum Gasteiger partial charge on any atom is -0.497 e. The van der Waals surface area contributed by atoms with Crippen molar-refractivity contribution in [1.82, 2.24) is 24.8 Å². The number of ether oxygens (including phenoxy) is 2. The fraction of sp³-hybridized carbons (Fsp3) is 0.167. The van der Waals surface area contributed by atoms with E-state index in [9.17, 15) is 13.2 Å². The Labute approximate surface area is 207 Å². The molecule has 8 nitrogen and oxygen atoms in total. The summed E-state index contributed by atoms with van der Waals surface area (Å²) in [6, 6.07) is 12.5. The third kappa shape index (κ3) is 4.50. The number of benzene rings is 2. The van der Waals surface area contributed by atoms with E-state index < -0.39 is 12.2 Å². The lowest BCUT2D eigenvalue weighted by molar-refractivity contribution is -0.149. The Hall–Kier alpha value is -3.96. The van der Waals surface area contributed by atoms with Crippen LogP contribution in [0.3, 0.4) is 0 Å². The first-order valence-electron chi connectivity index (χ1n) is 10.6. The first kappa shape index (κ1) is 23.8. The molecule has 184 valence electrons. The van der Waals surface area contributed by atoms with Crippen LogP contribution in [-0.2, 0) is 6.61 Å². The van der Waals surface area contributed by atoms with Crippen LogP contribution in [0.25, 0.3) is 27.8 Å². The summed E-state index contributed by atoms with van der Waals surface area (Å²) in [5, 5.41) is 13.5. The van der Waals surface area contributed by atoms with Crippen molar-refractivity contribution in [2.45, 2.75) is 18.8 Å². The molecule has 0 amide bonds. The van der Waals surface area contributed by atoms with Gasteiger partial charge in [-0.25, -0.2) is 0 Å². The van der Waals surface area contributed by atoms with Crippen LogP contribution in [0.1, 0.15) is 17.4 Å². The number of methoxy groups -OCH3 is 1. The number of hydrogen-bond donors (Lipinski definition) is 1. The van der Waals surface area contributed by atoms with Crippen molar-refractivity contribution in [3.05, 3.63) is 77.2 Å². The molecule has 0 aliphatic rings. The van der Waals surface area contributed by atoms with E-state index in [0.29, 0.717) is 39.7 Å². The van der Waals surface area contributed by atoms with Crippen molar-refractivity contribution in [3.8, 4) is 22.8 Å². The maximum absolute atomic E-state index is 13.0. The van der Waals surface area contributed by atoms with E-state index in [0.717, 1.165) is 5.39 Å². The zero-order valence-corrected chi connectivity index (χ0v) is 19.5. The van der Waals surface area contributed by atoms with E-state index in [1.807, 2.05) is 12.1 Å². The molecule has 0 saturated heterocycles. The molecule has 2 aromatic carbocycles. The number of fused-ring (bicyclic) bond motifs is 2. The normalized spacial score (nSPS) is 12.7. The Morgan fingerprint density at radius 1 is 1.06 bits per heavy atom. The van der Waals surface area contributed by atoms with Gasteiger partial charge in [-0.15, -0.1) is 10.2 Å². The molecule has 0 aliphatic carbocycles. The molecule has 12 heteroatoms. The van der Waals surface area contributed by atoms with Gasteiger partial charge in [-0.1, -0.05) is 23.7 Å². The lowest BCUT2D eigenvalue weighted by Crippen LogP contribution is -2.28. The van der Waals surface area contributed by atoms with Crippen LogP contribution < -0.4 is 15.2 Å². The molecular formula is C24H18ClF3N6O2. The van der Waals surface area contributed by atoms with Crippen molar-refractivity contribution in [2.24, 2.45) is 5.73 Å². The summed E-state index contributed by atoms with van der Waals surface area (Å²) in [5.41, 5.74) is 7.24.